The summed E-state index contributed by atoms with van der Waals surface area (Å²) in [6, 6.07) is 0. The van der Waals surface area contributed by atoms with Crippen LogP contribution in [0.1, 0.15) is 0 Å². The molecule has 0 bridgehead atoms. The Labute approximate surface area is 50.0 Å². The van der Waals surface area contributed by atoms with Crippen molar-refractivity contribution >= 4 is 10.6 Å². The Kier molecular flexibility index (Phi) is 1.77. The van der Waals surface area contributed by atoms with Crippen LogP contribution in [0.5, 0.6) is 0 Å². The Balaban J connectivity index is 2.33. The summed E-state index contributed by atoms with van der Waals surface area (Å²) in [6.07, 6.45) is 0. The van der Waals surface area contributed by atoms with Crippen LogP contribution in [0.4, 0.5) is 0 Å². The van der Waals surface area contributed by atoms with Crippen LogP contribution in [0.3, 0.4) is 0 Å². The first-order chi connectivity index (χ1) is 3.71. The molecule has 1 heterocycles. The molecule has 0 unspecified atom stereocenters. The van der Waals surface area contributed by atoms with Crippen LogP contribution in [-0.2, 0) is 4.74 Å². The number of hydrogen-bond donors (Lipinski definition) is 2. The fraction of sp³-hybridized carbons (Fsp3) is 1.00. The number of ether oxygens (including phenoxy) is 1. The summed E-state index contributed by atoms with van der Waals surface area (Å²) in [5, 5.41) is 0. The average Bonchev–Trinajstić information content (AvgIpc) is 1.65. The molecule has 0 spiro atoms. The van der Waals surface area contributed by atoms with Crippen molar-refractivity contribution in [3.8, 4) is 0 Å². The van der Waals surface area contributed by atoms with Crippen molar-refractivity contribution in [3.63, 3.8) is 0 Å². The van der Waals surface area contributed by atoms with Crippen molar-refractivity contribution in [2.24, 2.45) is 0 Å². The molecule has 3 nitrogen and oxygen atoms in total. The first-order valence-electron chi connectivity index (χ1n) is 2.52. The van der Waals surface area contributed by atoms with Gasteiger partial charge in [0.05, 0.1) is 24.7 Å². The van der Waals surface area contributed by atoms with Crippen LogP contribution >= 0.6 is 10.6 Å². The lowest BCUT2D eigenvalue weighted by molar-refractivity contribution is 0.151. The Morgan fingerprint density at radius 2 is 1.62 bits per heavy atom. The molecule has 1 fully saturated rings. The third-order valence-corrected chi connectivity index (χ3v) is 2.75. The second-order valence-corrected chi connectivity index (χ2v) is 4.24. The lowest BCUT2D eigenvalue weighted by Crippen LogP contribution is -2.22. The molecule has 1 rings (SSSR count). The highest BCUT2D eigenvalue weighted by atomic mass is 32.3. The van der Waals surface area contributed by atoms with Gasteiger partial charge in [-0.1, -0.05) is 0 Å². The smallest absolute Gasteiger partial charge is 0.0640 e. The average molecular weight is 138 g/mol. The summed E-state index contributed by atoms with van der Waals surface area (Å²) in [5.41, 5.74) is 0. The van der Waals surface area contributed by atoms with Gasteiger partial charge < -0.3 is 4.74 Å². The van der Waals surface area contributed by atoms with E-state index in [2.05, 4.69) is 0 Å². The maximum atomic E-state index is 8.93. The summed E-state index contributed by atoms with van der Waals surface area (Å²) in [6.45, 7) is 1.00. The quantitative estimate of drug-likeness (QED) is 0.519. The van der Waals surface area contributed by atoms with Gasteiger partial charge in [-0.15, -0.1) is 0 Å². The number of hydrogen-bond acceptors (Lipinski definition) is 3. The molecule has 1 aliphatic rings. The Hall–Kier alpha value is 0.230. The van der Waals surface area contributed by atoms with Crippen molar-refractivity contribution in [1.82, 2.24) is 0 Å². The molecule has 0 aromatic heterocycles. The second kappa shape index (κ2) is 2.23. The van der Waals surface area contributed by atoms with Crippen molar-refractivity contribution in [1.29, 1.82) is 0 Å². The molecule has 1 saturated heterocycles. The molecule has 4 heteroatoms. The van der Waals surface area contributed by atoms with E-state index in [1.807, 2.05) is 0 Å². The first-order valence-corrected chi connectivity index (χ1v) is 4.40. The molecular weight excluding hydrogens is 128 g/mol. The van der Waals surface area contributed by atoms with Crippen LogP contribution in [0.15, 0.2) is 0 Å². The van der Waals surface area contributed by atoms with Gasteiger partial charge in [0.1, 0.15) is 0 Å². The van der Waals surface area contributed by atoms with Crippen LogP contribution in [0.2, 0.25) is 0 Å². The topological polar surface area (TPSA) is 49.7 Å². The molecule has 0 aliphatic carbocycles. The van der Waals surface area contributed by atoms with Crippen LogP contribution in [0, 0.1) is 0 Å². The highest BCUT2D eigenvalue weighted by molar-refractivity contribution is 8.24. The molecular formula is C4H10O3S. The summed E-state index contributed by atoms with van der Waals surface area (Å²) in [5.74, 6) is 0.847. The van der Waals surface area contributed by atoms with E-state index in [1.165, 1.54) is 0 Å². The second-order valence-electron chi connectivity index (χ2n) is 1.82. The number of rotatable bonds is 0. The van der Waals surface area contributed by atoms with E-state index in [9.17, 15) is 0 Å². The van der Waals surface area contributed by atoms with Crippen LogP contribution < -0.4 is 0 Å². The third-order valence-electron chi connectivity index (χ3n) is 1.11. The maximum absolute atomic E-state index is 8.93. The van der Waals surface area contributed by atoms with E-state index in [4.69, 9.17) is 13.8 Å². The van der Waals surface area contributed by atoms with E-state index in [0.717, 1.165) is 0 Å². The Morgan fingerprint density at radius 1 is 1.12 bits per heavy atom. The van der Waals surface area contributed by atoms with Gasteiger partial charge in [-0.2, -0.15) is 10.6 Å². The van der Waals surface area contributed by atoms with Crippen molar-refractivity contribution in [2.75, 3.05) is 24.7 Å². The predicted octanol–water partition coefficient (Wildman–Crippen LogP) is 0.767. The minimum atomic E-state index is -2.21. The molecule has 8 heavy (non-hydrogen) atoms. The minimum Gasteiger partial charge on any atom is -0.378 e. The predicted molar refractivity (Wildman–Crippen MR) is 33.4 cm³/mol. The lowest BCUT2D eigenvalue weighted by Gasteiger charge is -2.35. The zero-order valence-electron chi connectivity index (χ0n) is 4.54. The lowest BCUT2D eigenvalue weighted by atomic mass is 10.8. The molecule has 0 aromatic rings. The van der Waals surface area contributed by atoms with Gasteiger partial charge in [0.25, 0.3) is 0 Å². The SMILES string of the molecule is OS1(O)CCOCC1. The Morgan fingerprint density at radius 3 is 1.88 bits per heavy atom. The zero-order valence-corrected chi connectivity index (χ0v) is 5.36. The van der Waals surface area contributed by atoms with Crippen molar-refractivity contribution < 1.29 is 13.8 Å². The molecule has 50 valence electrons. The fourth-order valence-electron chi connectivity index (χ4n) is 0.589. The fourth-order valence-corrected chi connectivity index (χ4v) is 1.56. The molecule has 0 atom stereocenters. The molecule has 0 amide bonds. The summed E-state index contributed by atoms with van der Waals surface area (Å²) < 4.78 is 22.8. The van der Waals surface area contributed by atoms with Gasteiger partial charge in [-0.25, -0.2) is 0 Å². The van der Waals surface area contributed by atoms with Gasteiger partial charge in [-0.05, 0) is 0 Å². The minimum absolute atomic E-state index is 0.424. The normalized spacial score (nSPS) is 31.8. The zero-order chi connectivity index (χ0) is 6.04. The molecule has 0 saturated carbocycles. The highest BCUT2D eigenvalue weighted by Gasteiger charge is 2.15. The molecule has 1 aliphatic heterocycles. The maximum Gasteiger partial charge on any atom is 0.0640 e. The first kappa shape index (κ1) is 6.35. The van der Waals surface area contributed by atoms with Gasteiger partial charge >= 0.3 is 0 Å². The summed E-state index contributed by atoms with van der Waals surface area (Å²) in [4.78, 5) is 0. The van der Waals surface area contributed by atoms with Crippen molar-refractivity contribution in [3.05, 3.63) is 0 Å². The summed E-state index contributed by atoms with van der Waals surface area (Å²) in [7, 11) is -2.21. The Bertz CT molecular complexity index is 75.4. The molecule has 2 N–H and O–H groups in total. The van der Waals surface area contributed by atoms with Gasteiger partial charge in [0.2, 0.25) is 0 Å². The van der Waals surface area contributed by atoms with E-state index in [0.29, 0.717) is 24.7 Å². The van der Waals surface area contributed by atoms with Gasteiger partial charge in [-0.3, -0.25) is 9.11 Å². The van der Waals surface area contributed by atoms with Crippen molar-refractivity contribution in [2.45, 2.75) is 0 Å². The van der Waals surface area contributed by atoms with Crippen LogP contribution in [-0.4, -0.2) is 33.8 Å². The van der Waals surface area contributed by atoms with Gasteiger partial charge in [0.15, 0.2) is 0 Å². The molecule has 0 aromatic carbocycles. The largest absolute Gasteiger partial charge is 0.378 e. The van der Waals surface area contributed by atoms with Crippen LogP contribution in [0.25, 0.3) is 0 Å². The highest BCUT2D eigenvalue weighted by Crippen LogP contribution is 2.39. The molecule has 0 radical (unpaired) electrons. The van der Waals surface area contributed by atoms with Gasteiger partial charge in [0, 0.05) is 0 Å². The monoisotopic (exact) mass is 138 g/mol. The van der Waals surface area contributed by atoms with E-state index >= 15 is 0 Å². The van der Waals surface area contributed by atoms with E-state index in [-0.39, 0.29) is 0 Å². The van der Waals surface area contributed by atoms with E-state index < -0.39 is 10.6 Å². The summed E-state index contributed by atoms with van der Waals surface area (Å²) >= 11 is 0. The standard InChI is InChI=1S/C4H10O3S/c5-8(6)3-1-7-2-4-8/h5-6H,1-4H2. The third kappa shape index (κ3) is 1.63. The van der Waals surface area contributed by atoms with E-state index in [1.54, 1.807) is 0 Å².